The number of hydrogen-bond donors (Lipinski definition) is 1. The molecule has 0 bridgehead atoms. The summed E-state index contributed by atoms with van der Waals surface area (Å²) in [5, 5.41) is 3.77. The number of anilines is 1. The lowest BCUT2D eigenvalue weighted by Crippen LogP contribution is -2.45. The quantitative estimate of drug-likeness (QED) is 0.600. The monoisotopic (exact) mass is 423 g/mol. The Kier molecular flexibility index (Phi) is 6.11. The number of carbonyl (C=O) groups excluding carboxylic acids is 1. The Hall–Kier alpha value is -2.77. The van der Waals surface area contributed by atoms with Crippen LogP contribution >= 0.6 is 11.8 Å². The van der Waals surface area contributed by atoms with Gasteiger partial charge >= 0.3 is 0 Å². The highest BCUT2D eigenvalue weighted by Gasteiger charge is 2.41. The molecular weight excluding hydrogens is 401 g/mol. The number of halogens is 1. The molecule has 1 aliphatic heterocycles. The average Bonchev–Trinajstić information content (AvgIpc) is 2.77. The fourth-order valence-electron chi connectivity index (χ4n) is 3.66. The van der Waals surface area contributed by atoms with Crippen molar-refractivity contribution < 1.29 is 13.9 Å². The molecule has 0 unspecified atom stereocenters. The smallest absolute Gasteiger partial charge is 0.235 e. The largest absolute Gasteiger partial charge is 0.381 e. The number of hydrogen-bond acceptors (Lipinski definition) is 5. The average molecular weight is 424 g/mol. The second-order valence-corrected chi connectivity index (χ2v) is 8.31. The van der Waals surface area contributed by atoms with Gasteiger partial charge in [-0.05, 0) is 79.1 Å². The Balaban J connectivity index is 1.56. The number of nitrogens with one attached hydrogen (secondary N) is 1. The van der Waals surface area contributed by atoms with E-state index < -0.39 is 5.41 Å². The van der Waals surface area contributed by atoms with E-state index in [1.54, 1.807) is 30.6 Å². The van der Waals surface area contributed by atoms with Crippen LogP contribution in [-0.2, 0) is 14.9 Å². The zero-order chi connectivity index (χ0) is 21.0. The van der Waals surface area contributed by atoms with Crippen molar-refractivity contribution in [2.24, 2.45) is 0 Å². The lowest BCUT2D eigenvalue weighted by atomic mass is 9.73. The number of aromatic nitrogens is 2. The van der Waals surface area contributed by atoms with Gasteiger partial charge in [-0.15, -0.1) is 0 Å². The molecule has 0 saturated carbocycles. The Morgan fingerprint density at radius 2 is 1.80 bits per heavy atom. The first-order valence-electron chi connectivity index (χ1n) is 9.78. The minimum atomic E-state index is -0.732. The van der Waals surface area contributed by atoms with Gasteiger partial charge in [-0.25, -0.2) is 14.4 Å². The van der Waals surface area contributed by atoms with Crippen LogP contribution in [0.3, 0.4) is 0 Å². The normalized spacial score (nSPS) is 15.5. The van der Waals surface area contributed by atoms with E-state index in [2.05, 4.69) is 15.3 Å². The Bertz CT molecular complexity index is 1020. The zero-order valence-electron chi connectivity index (χ0n) is 16.6. The van der Waals surface area contributed by atoms with Crippen LogP contribution < -0.4 is 5.32 Å². The van der Waals surface area contributed by atoms with E-state index >= 15 is 0 Å². The van der Waals surface area contributed by atoms with Crippen LogP contribution in [0.25, 0.3) is 0 Å². The number of rotatable bonds is 5. The van der Waals surface area contributed by atoms with E-state index in [0.717, 1.165) is 21.7 Å². The van der Waals surface area contributed by atoms with Crippen molar-refractivity contribution in [2.75, 3.05) is 18.5 Å². The van der Waals surface area contributed by atoms with Gasteiger partial charge < -0.3 is 10.1 Å². The van der Waals surface area contributed by atoms with Gasteiger partial charge in [0.25, 0.3) is 0 Å². The van der Waals surface area contributed by atoms with Gasteiger partial charge in [0.2, 0.25) is 5.91 Å². The lowest BCUT2D eigenvalue weighted by molar-refractivity contribution is -0.125. The summed E-state index contributed by atoms with van der Waals surface area (Å²) in [7, 11) is 0. The molecule has 154 valence electrons. The number of benzene rings is 2. The number of aryl methyl sites for hydroxylation is 1. The SMILES string of the molecule is Cc1cc(Sc2ncccn2)ccc1NC(=O)C1(c2ccc(F)cc2)CCOCC1. The van der Waals surface area contributed by atoms with Crippen LogP contribution in [0.15, 0.2) is 71.0 Å². The van der Waals surface area contributed by atoms with E-state index in [9.17, 15) is 9.18 Å². The summed E-state index contributed by atoms with van der Waals surface area (Å²) < 4.78 is 18.9. The van der Waals surface area contributed by atoms with Crippen LogP contribution in [0, 0.1) is 12.7 Å². The molecule has 1 N–H and O–H groups in total. The first kappa shape index (κ1) is 20.5. The molecule has 0 spiro atoms. The molecule has 1 aliphatic rings. The minimum Gasteiger partial charge on any atom is -0.381 e. The van der Waals surface area contributed by atoms with E-state index in [-0.39, 0.29) is 11.7 Å². The van der Waals surface area contributed by atoms with Gasteiger partial charge in [-0.3, -0.25) is 4.79 Å². The van der Waals surface area contributed by atoms with Crippen molar-refractivity contribution in [3.8, 4) is 0 Å². The third-order valence-electron chi connectivity index (χ3n) is 5.38. The summed E-state index contributed by atoms with van der Waals surface area (Å²) in [6.45, 7) is 2.95. The van der Waals surface area contributed by atoms with Crippen LogP contribution in [0.1, 0.15) is 24.0 Å². The van der Waals surface area contributed by atoms with E-state index in [1.807, 2.05) is 25.1 Å². The van der Waals surface area contributed by atoms with Crippen LogP contribution in [0.2, 0.25) is 0 Å². The highest BCUT2D eigenvalue weighted by molar-refractivity contribution is 7.99. The molecule has 1 aromatic heterocycles. The summed E-state index contributed by atoms with van der Waals surface area (Å²) in [5.41, 5.74) is 1.79. The molecule has 3 aromatic rings. The maximum absolute atomic E-state index is 13.4. The van der Waals surface area contributed by atoms with Gasteiger partial charge in [-0.2, -0.15) is 0 Å². The van der Waals surface area contributed by atoms with Crippen LogP contribution in [-0.4, -0.2) is 29.1 Å². The van der Waals surface area contributed by atoms with Crippen molar-refractivity contribution in [1.82, 2.24) is 9.97 Å². The number of amides is 1. The van der Waals surface area contributed by atoms with Crippen molar-refractivity contribution in [3.63, 3.8) is 0 Å². The minimum absolute atomic E-state index is 0.0905. The maximum Gasteiger partial charge on any atom is 0.235 e. The molecule has 4 rings (SSSR count). The van der Waals surface area contributed by atoms with E-state index in [0.29, 0.717) is 31.2 Å². The number of ether oxygens (including phenoxy) is 1. The molecule has 2 aromatic carbocycles. The van der Waals surface area contributed by atoms with E-state index in [1.165, 1.54) is 23.9 Å². The van der Waals surface area contributed by atoms with Gasteiger partial charge in [0, 0.05) is 36.2 Å². The molecule has 30 heavy (non-hydrogen) atoms. The van der Waals surface area contributed by atoms with Gasteiger partial charge in [0.1, 0.15) is 5.82 Å². The molecule has 0 atom stereocenters. The standard InChI is InChI=1S/C23H22FN3O2S/c1-16-15-19(30-22-25-11-2-12-26-22)7-8-20(16)27-21(28)23(9-13-29-14-10-23)17-3-5-18(24)6-4-17/h2-8,11-12,15H,9-10,13-14H2,1H3,(H,27,28). The highest BCUT2D eigenvalue weighted by atomic mass is 32.2. The van der Waals surface area contributed by atoms with Crippen LogP contribution in [0.5, 0.6) is 0 Å². The van der Waals surface area contributed by atoms with E-state index in [4.69, 9.17) is 4.74 Å². The second kappa shape index (κ2) is 8.93. The molecule has 1 amide bonds. The van der Waals surface area contributed by atoms with Crippen molar-refractivity contribution in [3.05, 3.63) is 77.9 Å². The van der Waals surface area contributed by atoms with Gasteiger partial charge in [0.05, 0.1) is 5.41 Å². The molecular formula is C23H22FN3O2S. The second-order valence-electron chi connectivity index (χ2n) is 7.27. The zero-order valence-corrected chi connectivity index (χ0v) is 17.4. The Labute approximate surface area is 179 Å². The molecule has 0 aliphatic carbocycles. The molecule has 5 nitrogen and oxygen atoms in total. The molecule has 0 radical (unpaired) electrons. The van der Waals surface area contributed by atoms with Crippen molar-refractivity contribution in [2.45, 2.75) is 35.2 Å². The number of carbonyl (C=O) groups is 1. The summed E-state index contributed by atoms with van der Waals surface area (Å²) in [4.78, 5) is 22.9. The van der Waals surface area contributed by atoms with Gasteiger partial charge in [0.15, 0.2) is 5.16 Å². The third kappa shape index (κ3) is 4.37. The topological polar surface area (TPSA) is 64.1 Å². The number of nitrogens with zero attached hydrogens (tertiary/aromatic N) is 2. The Morgan fingerprint density at radius 3 is 2.47 bits per heavy atom. The summed E-state index contributed by atoms with van der Waals surface area (Å²) >= 11 is 1.47. The molecule has 1 fully saturated rings. The predicted octanol–water partition coefficient (Wildman–Crippen LogP) is 4.76. The third-order valence-corrected chi connectivity index (χ3v) is 6.26. The summed E-state index contributed by atoms with van der Waals surface area (Å²) in [5.74, 6) is -0.403. The van der Waals surface area contributed by atoms with Gasteiger partial charge in [-0.1, -0.05) is 12.1 Å². The molecule has 7 heteroatoms. The predicted molar refractivity (Wildman–Crippen MR) is 114 cm³/mol. The highest BCUT2D eigenvalue weighted by Crippen LogP contribution is 2.37. The summed E-state index contributed by atoms with van der Waals surface area (Å²) in [6, 6.07) is 13.8. The van der Waals surface area contributed by atoms with Crippen molar-refractivity contribution in [1.29, 1.82) is 0 Å². The summed E-state index contributed by atoms with van der Waals surface area (Å²) in [6.07, 6.45) is 4.53. The fourth-order valence-corrected chi connectivity index (χ4v) is 4.47. The molecule has 1 saturated heterocycles. The first-order valence-corrected chi connectivity index (χ1v) is 10.6. The van der Waals surface area contributed by atoms with Crippen molar-refractivity contribution >= 4 is 23.4 Å². The first-order chi connectivity index (χ1) is 14.6. The lowest BCUT2D eigenvalue weighted by Gasteiger charge is -2.36. The Morgan fingerprint density at radius 1 is 1.10 bits per heavy atom. The van der Waals surface area contributed by atoms with Crippen LogP contribution in [0.4, 0.5) is 10.1 Å². The maximum atomic E-state index is 13.4. The molecule has 2 heterocycles. The fraction of sp³-hybridized carbons (Fsp3) is 0.261.